The molecule has 1 aromatic rings. The zero-order chi connectivity index (χ0) is 8.10. The van der Waals surface area contributed by atoms with E-state index in [0.29, 0.717) is 0 Å². The molecule has 58 valence electrons. The third-order valence-electron chi connectivity index (χ3n) is 1.20. The predicted molar refractivity (Wildman–Crippen MR) is 42.7 cm³/mol. The molecule has 0 atom stereocenters. The van der Waals surface area contributed by atoms with Gasteiger partial charge >= 0.3 is 0 Å². The molecule has 0 radical (unpaired) electrons. The summed E-state index contributed by atoms with van der Waals surface area (Å²) in [5, 5.41) is 12.5. The van der Waals surface area contributed by atoms with E-state index in [2.05, 4.69) is 9.99 Å². The minimum Gasteiger partial charge on any atom is -0.508 e. The number of hydrogen-bond donors (Lipinski definition) is 1. The first kappa shape index (κ1) is 7.60. The Kier molecular flexibility index (Phi) is 2.49. The first-order valence-corrected chi connectivity index (χ1v) is 3.18. The van der Waals surface area contributed by atoms with Gasteiger partial charge < -0.3 is 9.94 Å². The van der Waals surface area contributed by atoms with Crippen molar-refractivity contribution in [3.8, 4) is 5.75 Å². The third-order valence-corrected chi connectivity index (χ3v) is 1.20. The summed E-state index contributed by atoms with van der Waals surface area (Å²) >= 11 is 0. The lowest BCUT2D eigenvalue weighted by atomic mass is 10.2. The monoisotopic (exact) mass is 151 g/mol. The van der Waals surface area contributed by atoms with E-state index in [9.17, 15) is 0 Å². The quantitative estimate of drug-likeness (QED) is 0.512. The van der Waals surface area contributed by atoms with Crippen molar-refractivity contribution in [1.82, 2.24) is 0 Å². The maximum absolute atomic E-state index is 8.91. The van der Waals surface area contributed by atoms with Crippen LogP contribution in [0.4, 0.5) is 0 Å². The number of rotatable bonds is 2. The molecule has 11 heavy (non-hydrogen) atoms. The summed E-state index contributed by atoms with van der Waals surface area (Å²) in [6.07, 6.45) is 1.57. The maximum Gasteiger partial charge on any atom is 0.115 e. The van der Waals surface area contributed by atoms with E-state index < -0.39 is 0 Å². The van der Waals surface area contributed by atoms with Crippen LogP contribution >= 0.6 is 0 Å². The van der Waals surface area contributed by atoms with Gasteiger partial charge in [0.25, 0.3) is 0 Å². The van der Waals surface area contributed by atoms with Crippen LogP contribution in [0.2, 0.25) is 0 Å². The van der Waals surface area contributed by atoms with Crippen molar-refractivity contribution in [2.24, 2.45) is 5.16 Å². The molecule has 3 heteroatoms. The number of aromatic hydroxyl groups is 1. The van der Waals surface area contributed by atoms with E-state index >= 15 is 0 Å². The van der Waals surface area contributed by atoms with Crippen molar-refractivity contribution >= 4 is 6.21 Å². The van der Waals surface area contributed by atoms with Crippen molar-refractivity contribution in [2.45, 2.75) is 0 Å². The van der Waals surface area contributed by atoms with Gasteiger partial charge in [-0.1, -0.05) is 5.16 Å². The lowest BCUT2D eigenvalue weighted by Gasteiger charge is -1.91. The van der Waals surface area contributed by atoms with Gasteiger partial charge in [-0.15, -0.1) is 0 Å². The van der Waals surface area contributed by atoms with Gasteiger partial charge in [0.15, 0.2) is 0 Å². The van der Waals surface area contributed by atoms with Crippen LogP contribution in [0.5, 0.6) is 5.75 Å². The van der Waals surface area contributed by atoms with Crippen LogP contribution in [-0.4, -0.2) is 18.4 Å². The minimum atomic E-state index is 0.250. The van der Waals surface area contributed by atoms with Crippen LogP contribution in [0.3, 0.4) is 0 Å². The average molecular weight is 151 g/mol. The highest BCUT2D eigenvalue weighted by atomic mass is 16.6. The Morgan fingerprint density at radius 2 is 2.00 bits per heavy atom. The summed E-state index contributed by atoms with van der Waals surface area (Å²) in [6, 6.07) is 6.68. The lowest BCUT2D eigenvalue weighted by molar-refractivity contribution is 0.215. The summed E-state index contributed by atoms with van der Waals surface area (Å²) in [6.45, 7) is 0. The number of benzene rings is 1. The second-order valence-electron chi connectivity index (χ2n) is 2.01. The Morgan fingerprint density at radius 3 is 2.55 bits per heavy atom. The van der Waals surface area contributed by atoms with Gasteiger partial charge in [-0.05, 0) is 29.8 Å². The normalized spacial score (nSPS) is 10.3. The molecule has 1 rings (SSSR count). The smallest absolute Gasteiger partial charge is 0.115 e. The van der Waals surface area contributed by atoms with Crippen molar-refractivity contribution in [3.63, 3.8) is 0 Å². The van der Waals surface area contributed by atoms with Crippen molar-refractivity contribution in [2.75, 3.05) is 7.11 Å². The number of phenols is 1. The molecule has 1 N–H and O–H groups in total. The summed E-state index contributed by atoms with van der Waals surface area (Å²) in [7, 11) is 1.48. The summed E-state index contributed by atoms with van der Waals surface area (Å²) in [5.74, 6) is 0.250. The molecule has 0 amide bonds. The highest BCUT2D eigenvalue weighted by Gasteiger charge is 1.87. The largest absolute Gasteiger partial charge is 0.508 e. The Hall–Kier alpha value is -1.51. The van der Waals surface area contributed by atoms with E-state index in [4.69, 9.17) is 5.11 Å². The molecule has 0 saturated carbocycles. The Balaban J connectivity index is 2.73. The standard InChI is InChI=1S/C8H9NO2/c1-11-9-6-7-2-4-8(10)5-3-7/h2-6,10H,1H3. The van der Waals surface area contributed by atoms with Crippen molar-refractivity contribution in [3.05, 3.63) is 29.8 Å². The molecule has 0 saturated heterocycles. The molecule has 0 heterocycles. The van der Waals surface area contributed by atoms with E-state index in [1.807, 2.05) is 0 Å². The molecule has 0 aromatic heterocycles. The molecule has 0 aliphatic heterocycles. The Labute approximate surface area is 64.9 Å². The molecule has 3 nitrogen and oxygen atoms in total. The van der Waals surface area contributed by atoms with Gasteiger partial charge in [0.05, 0.1) is 6.21 Å². The van der Waals surface area contributed by atoms with Crippen LogP contribution in [0.25, 0.3) is 0 Å². The molecule has 1 aromatic carbocycles. The number of nitrogens with zero attached hydrogens (tertiary/aromatic N) is 1. The molecule has 0 aliphatic carbocycles. The average Bonchev–Trinajstić information content (AvgIpc) is 2.04. The SMILES string of the molecule is CON=Cc1ccc(O)cc1. The molecular weight excluding hydrogens is 142 g/mol. The van der Waals surface area contributed by atoms with Gasteiger partial charge in [-0.3, -0.25) is 0 Å². The second-order valence-corrected chi connectivity index (χ2v) is 2.01. The van der Waals surface area contributed by atoms with Crippen molar-refractivity contribution < 1.29 is 9.94 Å². The van der Waals surface area contributed by atoms with Crippen LogP contribution in [0, 0.1) is 0 Å². The number of hydrogen-bond acceptors (Lipinski definition) is 3. The van der Waals surface area contributed by atoms with Gasteiger partial charge in [0.2, 0.25) is 0 Å². The van der Waals surface area contributed by atoms with E-state index in [1.165, 1.54) is 7.11 Å². The van der Waals surface area contributed by atoms with E-state index in [-0.39, 0.29) is 5.75 Å². The highest BCUT2D eigenvalue weighted by molar-refractivity contribution is 5.79. The van der Waals surface area contributed by atoms with Crippen LogP contribution in [0.15, 0.2) is 29.4 Å². The van der Waals surface area contributed by atoms with E-state index in [0.717, 1.165) is 5.56 Å². The first-order chi connectivity index (χ1) is 5.33. The summed E-state index contributed by atoms with van der Waals surface area (Å²) in [4.78, 5) is 4.48. The second kappa shape index (κ2) is 3.61. The third kappa shape index (κ3) is 2.29. The zero-order valence-corrected chi connectivity index (χ0v) is 6.19. The first-order valence-electron chi connectivity index (χ1n) is 3.18. The Morgan fingerprint density at radius 1 is 1.36 bits per heavy atom. The van der Waals surface area contributed by atoms with Crippen LogP contribution < -0.4 is 0 Å². The molecular formula is C8H9NO2. The number of oxime groups is 1. The molecule has 0 spiro atoms. The van der Waals surface area contributed by atoms with E-state index in [1.54, 1.807) is 30.5 Å². The number of phenolic OH excluding ortho intramolecular Hbond substituents is 1. The maximum atomic E-state index is 8.91. The topological polar surface area (TPSA) is 41.8 Å². The summed E-state index contributed by atoms with van der Waals surface area (Å²) < 4.78 is 0. The molecule has 0 unspecified atom stereocenters. The van der Waals surface area contributed by atoms with Gasteiger partial charge in [0, 0.05) is 0 Å². The Bertz CT molecular complexity index is 241. The molecule has 0 bridgehead atoms. The lowest BCUT2D eigenvalue weighted by Crippen LogP contribution is -1.79. The molecule has 0 aliphatic rings. The fourth-order valence-electron chi connectivity index (χ4n) is 0.674. The fraction of sp³-hybridized carbons (Fsp3) is 0.125. The van der Waals surface area contributed by atoms with Crippen LogP contribution in [0.1, 0.15) is 5.56 Å². The summed E-state index contributed by atoms with van der Waals surface area (Å²) in [5.41, 5.74) is 0.893. The fourth-order valence-corrected chi connectivity index (χ4v) is 0.674. The predicted octanol–water partition coefficient (Wildman–Crippen LogP) is 1.37. The van der Waals surface area contributed by atoms with Crippen molar-refractivity contribution in [1.29, 1.82) is 0 Å². The van der Waals surface area contributed by atoms with Crippen LogP contribution in [-0.2, 0) is 4.84 Å². The van der Waals surface area contributed by atoms with Gasteiger partial charge in [-0.25, -0.2) is 0 Å². The molecule has 0 fully saturated rings. The van der Waals surface area contributed by atoms with Gasteiger partial charge in [-0.2, -0.15) is 0 Å². The minimum absolute atomic E-state index is 0.250. The zero-order valence-electron chi connectivity index (χ0n) is 6.19. The highest BCUT2D eigenvalue weighted by Crippen LogP contribution is 2.07. The van der Waals surface area contributed by atoms with Gasteiger partial charge in [0.1, 0.15) is 12.9 Å².